The van der Waals surface area contributed by atoms with Crippen molar-refractivity contribution < 1.29 is 18.0 Å². The maximum Gasteiger partial charge on any atom is 0.244 e. The molecule has 190 valence electrons. The normalized spacial score (nSPS) is 15.3. The monoisotopic (exact) mass is 519 g/mol. The SMILES string of the molecule is Cc1ccccc1N(CC(=O)N(Cc1ccccc1Cl)[C@@H](C)C(=O)NC1CCCCC1)S(C)(=O)=O. The topological polar surface area (TPSA) is 86.8 Å². The van der Waals surface area contributed by atoms with Crippen LogP contribution in [-0.2, 0) is 26.2 Å². The van der Waals surface area contributed by atoms with E-state index >= 15 is 0 Å². The van der Waals surface area contributed by atoms with Gasteiger partial charge < -0.3 is 10.2 Å². The molecule has 0 bridgehead atoms. The molecule has 1 aliphatic rings. The van der Waals surface area contributed by atoms with E-state index in [0.717, 1.165) is 41.8 Å². The summed E-state index contributed by atoms with van der Waals surface area (Å²) >= 11 is 6.36. The molecule has 0 aromatic heterocycles. The van der Waals surface area contributed by atoms with Gasteiger partial charge in [-0.05, 0) is 49.9 Å². The highest BCUT2D eigenvalue weighted by Gasteiger charge is 2.31. The van der Waals surface area contributed by atoms with Gasteiger partial charge in [-0.15, -0.1) is 0 Å². The van der Waals surface area contributed by atoms with E-state index in [-0.39, 0.29) is 18.5 Å². The molecule has 7 nitrogen and oxygen atoms in total. The first-order valence-corrected chi connectivity index (χ1v) is 14.2. The van der Waals surface area contributed by atoms with Crippen LogP contribution in [0.25, 0.3) is 0 Å². The highest BCUT2D eigenvalue weighted by Crippen LogP contribution is 2.24. The number of carbonyl (C=O) groups excluding carboxylic acids is 2. The molecule has 0 radical (unpaired) electrons. The minimum Gasteiger partial charge on any atom is -0.352 e. The van der Waals surface area contributed by atoms with Gasteiger partial charge in [0, 0.05) is 17.6 Å². The Balaban J connectivity index is 1.89. The van der Waals surface area contributed by atoms with Gasteiger partial charge in [-0.2, -0.15) is 0 Å². The zero-order valence-corrected chi connectivity index (χ0v) is 22.1. The third-order valence-electron chi connectivity index (χ3n) is 6.48. The number of aryl methyl sites for hydroxylation is 1. The average molecular weight is 520 g/mol. The van der Waals surface area contributed by atoms with Gasteiger partial charge in [0.15, 0.2) is 0 Å². The molecule has 0 spiro atoms. The number of benzene rings is 2. The zero-order valence-electron chi connectivity index (χ0n) is 20.5. The number of sulfonamides is 1. The highest BCUT2D eigenvalue weighted by atomic mass is 35.5. The van der Waals surface area contributed by atoms with Gasteiger partial charge in [0.2, 0.25) is 21.8 Å². The fraction of sp³-hybridized carbons (Fsp3) is 0.462. The number of nitrogens with zero attached hydrogens (tertiary/aromatic N) is 2. The standard InChI is InChI=1S/C26H34ClN3O4S/c1-19-11-7-10-16-24(19)30(35(3,33)34)18-25(31)29(17-21-12-8-9-15-23(21)27)20(2)26(32)28-22-13-5-4-6-14-22/h7-12,15-16,20,22H,4-6,13-14,17-18H2,1-3H3,(H,28,32)/t20-/m0/s1. The van der Waals surface area contributed by atoms with Crippen molar-refractivity contribution in [1.29, 1.82) is 0 Å². The Hall–Kier alpha value is -2.58. The average Bonchev–Trinajstić information content (AvgIpc) is 2.82. The summed E-state index contributed by atoms with van der Waals surface area (Å²) in [5.74, 6) is -0.732. The molecule has 35 heavy (non-hydrogen) atoms. The van der Waals surface area contributed by atoms with Gasteiger partial charge >= 0.3 is 0 Å². The van der Waals surface area contributed by atoms with E-state index in [2.05, 4.69) is 5.32 Å². The van der Waals surface area contributed by atoms with Crippen LogP contribution in [0.4, 0.5) is 5.69 Å². The predicted octanol–water partition coefficient (Wildman–Crippen LogP) is 4.28. The second kappa shape index (κ2) is 11.9. The van der Waals surface area contributed by atoms with Crippen LogP contribution in [0.3, 0.4) is 0 Å². The van der Waals surface area contributed by atoms with Crippen molar-refractivity contribution in [3.63, 3.8) is 0 Å². The Morgan fingerprint density at radius 2 is 1.69 bits per heavy atom. The third kappa shape index (κ3) is 7.21. The van der Waals surface area contributed by atoms with Gasteiger partial charge in [0.1, 0.15) is 12.6 Å². The smallest absolute Gasteiger partial charge is 0.244 e. The summed E-state index contributed by atoms with van der Waals surface area (Å²) in [6, 6.07) is 13.4. The highest BCUT2D eigenvalue weighted by molar-refractivity contribution is 7.92. The van der Waals surface area contributed by atoms with E-state index < -0.39 is 28.5 Å². The van der Waals surface area contributed by atoms with Gasteiger partial charge in [-0.25, -0.2) is 8.42 Å². The van der Waals surface area contributed by atoms with Gasteiger partial charge in [0.05, 0.1) is 11.9 Å². The molecular formula is C26H34ClN3O4S. The van der Waals surface area contributed by atoms with Crippen molar-refractivity contribution in [2.75, 3.05) is 17.1 Å². The van der Waals surface area contributed by atoms with Crippen molar-refractivity contribution in [2.45, 2.75) is 64.6 Å². The van der Waals surface area contributed by atoms with Crippen LogP contribution in [0.2, 0.25) is 5.02 Å². The van der Waals surface area contributed by atoms with E-state index in [0.29, 0.717) is 16.3 Å². The molecule has 1 aliphatic carbocycles. The molecule has 1 atom stereocenters. The lowest BCUT2D eigenvalue weighted by molar-refractivity contribution is -0.139. The molecule has 9 heteroatoms. The van der Waals surface area contributed by atoms with Crippen LogP contribution in [0.5, 0.6) is 0 Å². The van der Waals surface area contributed by atoms with E-state index in [1.807, 2.05) is 12.1 Å². The van der Waals surface area contributed by atoms with E-state index in [9.17, 15) is 18.0 Å². The minimum absolute atomic E-state index is 0.0864. The van der Waals surface area contributed by atoms with Crippen LogP contribution in [0.15, 0.2) is 48.5 Å². The van der Waals surface area contributed by atoms with Crippen molar-refractivity contribution in [2.24, 2.45) is 0 Å². The summed E-state index contributed by atoms with van der Waals surface area (Å²) in [5, 5.41) is 3.56. The fourth-order valence-corrected chi connectivity index (χ4v) is 5.50. The first-order valence-electron chi connectivity index (χ1n) is 11.9. The largest absolute Gasteiger partial charge is 0.352 e. The maximum absolute atomic E-state index is 13.6. The van der Waals surface area contributed by atoms with Crippen LogP contribution in [0.1, 0.15) is 50.2 Å². The zero-order chi connectivity index (χ0) is 25.6. The molecule has 0 unspecified atom stereocenters. The van der Waals surface area contributed by atoms with Crippen LogP contribution < -0.4 is 9.62 Å². The molecule has 0 aliphatic heterocycles. The molecule has 1 saturated carbocycles. The summed E-state index contributed by atoms with van der Waals surface area (Å²) in [5.41, 5.74) is 1.84. The molecule has 1 N–H and O–H groups in total. The van der Waals surface area contributed by atoms with Crippen LogP contribution >= 0.6 is 11.6 Å². The lowest BCUT2D eigenvalue weighted by Gasteiger charge is -2.33. The van der Waals surface area contributed by atoms with Crippen molar-refractivity contribution >= 4 is 39.1 Å². The maximum atomic E-state index is 13.6. The fourth-order valence-electron chi connectivity index (χ4n) is 4.40. The van der Waals surface area contributed by atoms with E-state index in [1.165, 1.54) is 11.3 Å². The molecule has 2 aromatic carbocycles. The third-order valence-corrected chi connectivity index (χ3v) is 7.98. The summed E-state index contributed by atoms with van der Waals surface area (Å²) < 4.78 is 26.4. The van der Waals surface area contributed by atoms with Crippen molar-refractivity contribution in [3.05, 3.63) is 64.7 Å². The van der Waals surface area contributed by atoms with Crippen LogP contribution in [0, 0.1) is 6.92 Å². The van der Waals surface area contributed by atoms with E-state index in [4.69, 9.17) is 11.6 Å². The Morgan fingerprint density at radius 1 is 1.06 bits per heavy atom. The number of amides is 2. The number of hydrogen-bond donors (Lipinski definition) is 1. The van der Waals surface area contributed by atoms with Crippen molar-refractivity contribution in [1.82, 2.24) is 10.2 Å². The number of para-hydroxylation sites is 1. The Kier molecular flexibility index (Phi) is 9.19. The van der Waals surface area contributed by atoms with Gasteiger partial charge in [-0.1, -0.05) is 67.3 Å². The second-order valence-corrected chi connectivity index (χ2v) is 11.5. The summed E-state index contributed by atoms with van der Waals surface area (Å²) in [6.45, 7) is 3.13. The van der Waals surface area contributed by atoms with E-state index in [1.54, 1.807) is 50.2 Å². The number of anilines is 1. The number of rotatable bonds is 9. The molecule has 1 fully saturated rings. The Labute approximate surface area is 213 Å². The number of carbonyl (C=O) groups is 2. The number of halogens is 1. The summed E-state index contributed by atoms with van der Waals surface area (Å²) in [7, 11) is -3.76. The predicted molar refractivity (Wildman–Crippen MR) is 140 cm³/mol. The molecular weight excluding hydrogens is 486 g/mol. The Morgan fingerprint density at radius 3 is 2.31 bits per heavy atom. The first kappa shape index (κ1) is 27.0. The molecule has 3 rings (SSSR count). The first-order chi connectivity index (χ1) is 16.6. The van der Waals surface area contributed by atoms with Crippen LogP contribution in [-0.4, -0.2) is 50.0 Å². The Bertz CT molecular complexity index is 1150. The minimum atomic E-state index is -3.76. The van der Waals surface area contributed by atoms with Gasteiger partial charge in [0.25, 0.3) is 0 Å². The van der Waals surface area contributed by atoms with Crippen molar-refractivity contribution in [3.8, 4) is 0 Å². The molecule has 2 aromatic rings. The number of nitrogens with one attached hydrogen (secondary N) is 1. The molecule has 0 heterocycles. The quantitative estimate of drug-likeness (QED) is 0.535. The lowest BCUT2D eigenvalue weighted by Crippen LogP contribution is -2.53. The summed E-state index contributed by atoms with van der Waals surface area (Å²) in [6.07, 6.45) is 6.23. The lowest BCUT2D eigenvalue weighted by atomic mass is 9.95. The summed E-state index contributed by atoms with van der Waals surface area (Å²) in [4.78, 5) is 28.2. The van der Waals surface area contributed by atoms with Gasteiger partial charge in [-0.3, -0.25) is 13.9 Å². The number of hydrogen-bond acceptors (Lipinski definition) is 4. The molecule has 0 saturated heterocycles. The second-order valence-electron chi connectivity index (χ2n) is 9.19. The molecule has 2 amide bonds.